The molecule has 7 nitrogen and oxygen atoms in total. The molecule has 154 valence electrons. The number of nitrogens with one attached hydrogen (secondary N) is 1. The maximum Gasteiger partial charge on any atom is 0.241 e. The Morgan fingerprint density at radius 1 is 1.00 bits per heavy atom. The number of sulfonamides is 1. The number of carbonyl (C=O) groups is 2. The number of rotatable bonds is 6. The molecule has 0 unspecified atom stereocenters. The van der Waals surface area contributed by atoms with Crippen LogP contribution in [0.5, 0.6) is 5.75 Å². The SMILES string of the molecule is COc1ccc(S(=O)(=O)N[C@@H](C)c2ccc(C)c(C)c2)cc1N1C(=O)CCC1=O. The van der Waals surface area contributed by atoms with Crippen LogP contribution in [-0.4, -0.2) is 27.3 Å². The van der Waals surface area contributed by atoms with Gasteiger partial charge in [-0.05, 0) is 55.7 Å². The van der Waals surface area contributed by atoms with Gasteiger partial charge in [-0.3, -0.25) is 9.59 Å². The number of anilines is 1. The zero-order chi connectivity index (χ0) is 21.3. The molecule has 0 saturated carbocycles. The summed E-state index contributed by atoms with van der Waals surface area (Å²) < 4.78 is 33.8. The van der Waals surface area contributed by atoms with Crippen LogP contribution in [0.1, 0.15) is 42.5 Å². The third-order valence-electron chi connectivity index (χ3n) is 5.12. The van der Waals surface area contributed by atoms with Crippen molar-refractivity contribution in [1.29, 1.82) is 0 Å². The van der Waals surface area contributed by atoms with Crippen molar-refractivity contribution in [3.05, 3.63) is 53.1 Å². The molecule has 29 heavy (non-hydrogen) atoms. The predicted molar refractivity (Wildman–Crippen MR) is 109 cm³/mol. The summed E-state index contributed by atoms with van der Waals surface area (Å²) in [5, 5.41) is 0. The van der Waals surface area contributed by atoms with E-state index in [1.54, 1.807) is 6.92 Å². The average Bonchev–Trinajstić information content (AvgIpc) is 3.01. The lowest BCUT2D eigenvalue weighted by Gasteiger charge is -2.20. The number of amides is 2. The van der Waals surface area contributed by atoms with E-state index in [1.807, 2.05) is 32.0 Å². The van der Waals surface area contributed by atoms with E-state index >= 15 is 0 Å². The predicted octanol–water partition coefficient (Wildman–Crippen LogP) is 3.00. The highest BCUT2D eigenvalue weighted by atomic mass is 32.2. The third kappa shape index (κ3) is 4.18. The highest BCUT2D eigenvalue weighted by Crippen LogP contribution is 2.34. The highest BCUT2D eigenvalue weighted by Gasteiger charge is 2.33. The fraction of sp³-hybridized carbons (Fsp3) is 0.333. The standard InChI is InChI=1S/C21H24N2O5S/c1-13-5-6-16(11-14(13)2)15(3)22-29(26,27)17-7-8-19(28-4)18(12-17)23-20(24)9-10-21(23)25/h5-8,11-12,15,22H,9-10H2,1-4H3/t15-/m0/s1. The summed E-state index contributed by atoms with van der Waals surface area (Å²) in [6.45, 7) is 5.73. The van der Waals surface area contributed by atoms with Crippen molar-refractivity contribution < 1.29 is 22.7 Å². The summed E-state index contributed by atoms with van der Waals surface area (Å²) >= 11 is 0. The molecule has 1 saturated heterocycles. The van der Waals surface area contributed by atoms with Crippen molar-refractivity contribution in [3.8, 4) is 5.75 Å². The Morgan fingerprint density at radius 2 is 1.66 bits per heavy atom. The molecule has 0 aromatic heterocycles. The fourth-order valence-corrected chi connectivity index (χ4v) is 4.51. The second-order valence-corrected chi connectivity index (χ2v) is 8.86. The zero-order valence-corrected chi connectivity index (χ0v) is 17.7. The smallest absolute Gasteiger partial charge is 0.241 e. The number of ether oxygens (including phenoxy) is 1. The Hall–Kier alpha value is -2.71. The summed E-state index contributed by atoms with van der Waals surface area (Å²) in [5.41, 5.74) is 3.19. The second-order valence-electron chi connectivity index (χ2n) is 7.14. The third-order valence-corrected chi connectivity index (χ3v) is 6.65. The van der Waals surface area contributed by atoms with Gasteiger partial charge in [0, 0.05) is 18.9 Å². The number of hydrogen-bond donors (Lipinski definition) is 1. The number of hydrogen-bond acceptors (Lipinski definition) is 5. The van der Waals surface area contributed by atoms with Gasteiger partial charge in [0.1, 0.15) is 5.75 Å². The van der Waals surface area contributed by atoms with Gasteiger partial charge < -0.3 is 4.74 Å². The minimum absolute atomic E-state index is 0.0449. The van der Waals surface area contributed by atoms with E-state index in [4.69, 9.17) is 4.74 Å². The molecule has 1 N–H and O–H groups in total. The van der Waals surface area contributed by atoms with Crippen LogP contribution in [0.4, 0.5) is 5.69 Å². The molecule has 1 fully saturated rings. The van der Waals surface area contributed by atoms with Crippen LogP contribution >= 0.6 is 0 Å². The lowest BCUT2D eigenvalue weighted by Crippen LogP contribution is -2.30. The van der Waals surface area contributed by atoms with E-state index in [2.05, 4.69) is 4.72 Å². The first-order valence-corrected chi connectivity index (χ1v) is 10.8. The quantitative estimate of drug-likeness (QED) is 0.731. The van der Waals surface area contributed by atoms with E-state index in [0.717, 1.165) is 21.6 Å². The molecule has 1 heterocycles. The summed E-state index contributed by atoms with van der Waals surface area (Å²) in [4.78, 5) is 25.2. The normalized spacial score (nSPS) is 15.7. The molecule has 2 amide bonds. The number of imide groups is 1. The van der Waals surface area contributed by atoms with Gasteiger partial charge in [-0.25, -0.2) is 18.0 Å². The van der Waals surface area contributed by atoms with Crippen LogP contribution in [0.3, 0.4) is 0 Å². The topological polar surface area (TPSA) is 92.8 Å². The Labute approximate surface area is 170 Å². The van der Waals surface area contributed by atoms with Crippen molar-refractivity contribution in [2.45, 2.75) is 44.6 Å². The summed E-state index contributed by atoms with van der Waals surface area (Å²) in [5.74, 6) is -0.492. The monoisotopic (exact) mass is 416 g/mol. The van der Waals surface area contributed by atoms with Crippen molar-refractivity contribution >= 4 is 27.5 Å². The maximum atomic E-state index is 13.0. The first kappa shape index (κ1) is 21.0. The Kier molecular flexibility index (Phi) is 5.77. The lowest BCUT2D eigenvalue weighted by molar-refractivity contribution is -0.121. The molecule has 0 aliphatic carbocycles. The molecular formula is C21H24N2O5S. The van der Waals surface area contributed by atoms with E-state index in [9.17, 15) is 18.0 Å². The fourth-order valence-electron chi connectivity index (χ4n) is 3.26. The Bertz CT molecular complexity index is 1060. The average molecular weight is 416 g/mol. The second kappa shape index (κ2) is 7.96. The van der Waals surface area contributed by atoms with Crippen LogP contribution in [0.2, 0.25) is 0 Å². The van der Waals surface area contributed by atoms with E-state index in [-0.39, 0.29) is 41.0 Å². The van der Waals surface area contributed by atoms with E-state index in [0.29, 0.717) is 0 Å². The van der Waals surface area contributed by atoms with Gasteiger partial charge in [0.2, 0.25) is 21.8 Å². The summed E-state index contributed by atoms with van der Waals surface area (Å²) in [7, 11) is -2.50. The molecule has 1 aliphatic heterocycles. The minimum Gasteiger partial charge on any atom is -0.495 e. The Balaban J connectivity index is 1.94. The molecule has 3 rings (SSSR count). The lowest BCUT2D eigenvalue weighted by atomic mass is 10.0. The molecule has 8 heteroatoms. The van der Waals surface area contributed by atoms with Gasteiger partial charge in [-0.1, -0.05) is 18.2 Å². The molecule has 1 atom stereocenters. The first-order chi connectivity index (χ1) is 13.6. The van der Waals surface area contributed by atoms with Crippen molar-refractivity contribution in [3.63, 3.8) is 0 Å². The minimum atomic E-state index is -3.90. The van der Waals surface area contributed by atoms with Crippen LogP contribution in [0, 0.1) is 13.8 Å². The van der Waals surface area contributed by atoms with Crippen LogP contribution in [0.15, 0.2) is 41.3 Å². The van der Waals surface area contributed by atoms with Gasteiger partial charge >= 0.3 is 0 Å². The van der Waals surface area contributed by atoms with Gasteiger partial charge in [0.25, 0.3) is 0 Å². The highest BCUT2D eigenvalue weighted by molar-refractivity contribution is 7.89. The first-order valence-electron chi connectivity index (χ1n) is 9.27. The number of benzene rings is 2. The maximum absolute atomic E-state index is 13.0. The van der Waals surface area contributed by atoms with Crippen LogP contribution < -0.4 is 14.4 Å². The van der Waals surface area contributed by atoms with Gasteiger partial charge in [-0.15, -0.1) is 0 Å². The molecule has 0 bridgehead atoms. The van der Waals surface area contributed by atoms with Crippen molar-refractivity contribution in [2.24, 2.45) is 0 Å². The van der Waals surface area contributed by atoms with Crippen LogP contribution in [-0.2, 0) is 19.6 Å². The van der Waals surface area contributed by atoms with Crippen LogP contribution in [0.25, 0.3) is 0 Å². The number of carbonyl (C=O) groups excluding carboxylic acids is 2. The molecule has 2 aromatic carbocycles. The van der Waals surface area contributed by atoms with Gasteiger partial charge in [-0.2, -0.15) is 0 Å². The zero-order valence-electron chi connectivity index (χ0n) is 16.9. The van der Waals surface area contributed by atoms with E-state index < -0.39 is 16.1 Å². The molecular weight excluding hydrogens is 392 g/mol. The largest absolute Gasteiger partial charge is 0.495 e. The molecule has 0 radical (unpaired) electrons. The molecule has 2 aromatic rings. The Morgan fingerprint density at radius 3 is 2.24 bits per heavy atom. The van der Waals surface area contributed by atoms with Gasteiger partial charge in [0.05, 0.1) is 17.7 Å². The number of aryl methyl sites for hydroxylation is 2. The summed E-state index contributed by atoms with van der Waals surface area (Å²) in [6, 6.07) is 9.47. The summed E-state index contributed by atoms with van der Waals surface area (Å²) in [6.07, 6.45) is 0.196. The van der Waals surface area contributed by atoms with Gasteiger partial charge in [0.15, 0.2) is 0 Å². The van der Waals surface area contributed by atoms with E-state index in [1.165, 1.54) is 25.3 Å². The number of methoxy groups -OCH3 is 1. The molecule has 1 aliphatic rings. The molecule has 0 spiro atoms. The van der Waals surface area contributed by atoms with Crippen molar-refractivity contribution in [2.75, 3.05) is 12.0 Å². The number of nitrogens with zero attached hydrogens (tertiary/aromatic N) is 1. The van der Waals surface area contributed by atoms with Crippen molar-refractivity contribution in [1.82, 2.24) is 4.72 Å².